The molecule has 1 unspecified atom stereocenters. The third-order valence-corrected chi connectivity index (χ3v) is 2.06. The molecule has 1 aromatic heterocycles. The maximum atomic E-state index is 11.1. The minimum absolute atomic E-state index is 0.327. The number of pyridine rings is 1. The number of aromatic nitrogens is 1. The number of esters is 1. The van der Waals surface area contributed by atoms with E-state index in [0.717, 1.165) is 5.69 Å². The van der Waals surface area contributed by atoms with Gasteiger partial charge < -0.3 is 9.84 Å². The highest BCUT2D eigenvalue weighted by Crippen LogP contribution is 2.05. The summed E-state index contributed by atoms with van der Waals surface area (Å²) in [5, 5.41) is 9.09. The van der Waals surface area contributed by atoms with E-state index in [0.29, 0.717) is 18.4 Å². The lowest BCUT2D eigenvalue weighted by atomic mass is 10.1. The molecule has 1 heterocycles. The first kappa shape index (κ1) is 11.7. The Bertz CT molecular complexity index is 319. The topological polar surface area (TPSA) is 59.4 Å². The van der Waals surface area contributed by atoms with Crippen LogP contribution in [0.2, 0.25) is 0 Å². The highest BCUT2D eigenvalue weighted by atomic mass is 16.5. The molecule has 4 heteroatoms. The van der Waals surface area contributed by atoms with Gasteiger partial charge in [0.15, 0.2) is 0 Å². The van der Waals surface area contributed by atoms with Crippen LogP contribution in [0.1, 0.15) is 29.4 Å². The molecule has 0 aliphatic heterocycles. The van der Waals surface area contributed by atoms with Crippen molar-refractivity contribution in [2.75, 3.05) is 7.11 Å². The zero-order valence-corrected chi connectivity index (χ0v) is 8.93. The molecule has 0 aliphatic carbocycles. The van der Waals surface area contributed by atoms with Crippen LogP contribution in [0.3, 0.4) is 0 Å². The number of nitrogens with zero attached hydrogens (tertiary/aromatic N) is 1. The summed E-state index contributed by atoms with van der Waals surface area (Å²) < 4.78 is 4.56. The van der Waals surface area contributed by atoms with Gasteiger partial charge in [0.1, 0.15) is 0 Å². The normalized spacial score (nSPS) is 12.2. The third kappa shape index (κ3) is 3.67. The first-order chi connectivity index (χ1) is 7.13. The summed E-state index contributed by atoms with van der Waals surface area (Å²) in [6.45, 7) is 1.74. The Labute approximate surface area is 88.9 Å². The molecule has 1 rings (SSSR count). The van der Waals surface area contributed by atoms with E-state index in [-0.39, 0.29) is 12.1 Å². The monoisotopic (exact) mass is 209 g/mol. The van der Waals surface area contributed by atoms with Crippen LogP contribution in [-0.2, 0) is 11.2 Å². The minimum Gasteiger partial charge on any atom is -0.465 e. The molecular formula is C11H15NO3. The molecule has 0 saturated carbocycles. The van der Waals surface area contributed by atoms with Crippen molar-refractivity contribution in [2.24, 2.45) is 0 Å². The van der Waals surface area contributed by atoms with Crippen molar-refractivity contribution >= 4 is 5.97 Å². The van der Waals surface area contributed by atoms with Crippen LogP contribution in [0.25, 0.3) is 0 Å². The predicted molar refractivity (Wildman–Crippen MR) is 55.6 cm³/mol. The summed E-state index contributed by atoms with van der Waals surface area (Å²) in [6, 6.07) is 3.45. The fourth-order valence-electron chi connectivity index (χ4n) is 1.17. The van der Waals surface area contributed by atoms with Crippen LogP contribution in [-0.4, -0.2) is 29.3 Å². The second-order valence-corrected chi connectivity index (χ2v) is 3.42. The smallest absolute Gasteiger partial charge is 0.339 e. The quantitative estimate of drug-likeness (QED) is 0.756. The fourth-order valence-corrected chi connectivity index (χ4v) is 1.17. The molecule has 0 bridgehead atoms. The van der Waals surface area contributed by atoms with Crippen LogP contribution in [0.15, 0.2) is 18.3 Å². The summed E-state index contributed by atoms with van der Waals surface area (Å²) in [6.07, 6.45) is 2.54. The predicted octanol–water partition coefficient (Wildman–Crippen LogP) is 1.18. The molecule has 0 fully saturated rings. The maximum absolute atomic E-state index is 11.1. The van der Waals surface area contributed by atoms with E-state index >= 15 is 0 Å². The zero-order chi connectivity index (χ0) is 11.3. The average molecular weight is 209 g/mol. The Morgan fingerprint density at radius 3 is 2.80 bits per heavy atom. The summed E-state index contributed by atoms with van der Waals surface area (Å²) in [5.41, 5.74) is 1.31. The molecule has 4 nitrogen and oxygen atoms in total. The average Bonchev–Trinajstić information content (AvgIpc) is 2.26. The van der Waals surface area contributed by atoms with Gasteiger partial charge >= 0.3 is 5.97 Å². The van der Waals surface area contributed by atoms with Crippen molar-refractivity contribution in [2.45, 2.75) is 25.9 Å². The number of carbonyl (C=O) groups excluding carboxylic acids is 1. The summed E-state index contributed by atoms with van der Waals surface area (Å²) in [5.74, 6) is -0.385. The molecule has 0 aromatic carbocycles. The van der Waals surface area contributed by atoms with Crippen molar-refractivity contribution in [3.05, 3.63) is 29.6 Å². The molecule has 1 N–H and O–H groups in total. The number of carbonyl (C=O) groups is 1. The SMILES string of the molecule is COC(=O)c1ccc(CCC(C)O)nc1. The Morgan fingerprint density at radius 2 is 2.33 bits per heavy atom. The van der Waals surface area contributed by atoms with Crippen LogP contribution in [0.4, 0.5) is 0 Å². The fraction of sp³-hybridized carbons (Fsp3) is 0.455. The number of aliphatic hydroxyl groups is 1. The zero-order valence-electron chi connectivity index (χ0n) is 8.93. The van der Waals surface area contributed by atoms with Crippen molar-refractivity contribution in [1.29, 1.82) is 0 Å². The summed E-state index contributed by atoms with van der Waals surface area (Å²) in [4.78, 5) is 15.2. The van der Waals surface area contributed by atoms with E-state index in [1.165, 1.54) is 13.3 Å². The standard InChI is InChI=1S/C11H15NO3/c1-8(13)3-5-10-6-4-9(7-12-10)11(14)15-2/h4,6-8,13H,3,5H2,1-2H3. The second-order valence-electron chi connectivity index (χ2n) is 3.42. The van der Waals surface area contributed by atoms with Crippen molar-refractivity contribution < 1.29 is 14.6 Å². The molecule has 0 spiro atoms. The van der Waals surface area contributed by atoms with Gasteiger partial charge in [-0.1, -0.05) is 0 Å². The number of rotatable bonds is 4. The van der Waals surface area contributed by atoms with Gasteiger partial charge in [-0.15, -0.1) is 0 Å². The van der Waals surface area contributed by atoms with Crippen LogP contribution < -0.4 is 0 Å². The molecule has 0 aliphatic rings. The number of ether oxygens (including phenoxy) is 1. The molecule has 15 heavy (non-hydrogen) atoms. The molecular weight excluding hydrogens is 194 g/mol. The Morgan fingerprint density at radius 1 is 1.60 bits per heavy atom. The lowest BCUT2D eigenvalue weighted by molar-refractivity contribution is 0.0600. The van der Waals surface area contributed by atoms with Crippen LogP contribution in [0, 0.1) is 0 Å². The van der Waals surface area contributed by atoms with Gasteiger partial charge in [-0.3, -0.25) is 4.98 Å². The van der Waals surface area contributed by atoms with Gasteiger partial charge in [-0.2, -0.15) is 0 Å². The lowest BCUT2D eigenvalue weighted by Gasteiger charge is -2.04. The largest absolute Gasteiger partial charge is 0.465 e. The minimum atomic E-state index is -0.385. The molecule has 1 aromatic rings. The molecule has 1 atom stereocenters. The number of methoxy groups -OCH3 is 1. The van der Waals surface area contributed by atoms with Crippen molar-refractivity contribution in [3.63, 3.8) is 0 Å². The molecule has 0 amide bonds. The molecule has 82 valence electrons. The summed E-state index contributed by atoms with van der Waals surface area (Å²) in [7, 11) is 1.34. The van der Waals surface area contributed by atoms with E-state index in [1.54, 1.807) is 19.1 Å². The van der Waals surface area contributed by atoms with Gasteiger partial charge in [0.25, 0.3) is 0 Å². The number of aryl methyl sites for hydroxylation is 1. The first-order valence-electron chi connectivity index (χ1n) is 4.85. The van der Waals surface area contributed by atoms with Crippen LogP contribution in [0.5, 0.6) is 0 Å². The van der Waals surface area contributed by atoms with Crippen molar-refractivity contribution in [1.82, 2.24) is 4.98 Å². The van der Waals surface area contributed by atoms with E-state index in [9.17, 15) is 4.79 Å². The highest BCUT2D eigenvalue weighted by Gasteiger charge is 2.05. The summed E-state index contributed by atoms with van der Waals surface area (Å²) >= 11 is 0. The van der Waals surface area contributed by atoms with E-state index < -0.39 is 0 Å². The Kier molecular flexibility index (Phi) is 4.24. The lowest BCUT2D eigenvalue weighted by Crippen LogP contribution is -2.05. The number of hydrogen-bond acceptors (Lipinski definition) is 4. The Hall–Kier alpha value is -1.42. The van der Waals surface area contributed by atoms with Crippen LogP contribution >= 0.6 is 0 Å². The molecule has 0 saturated heterocycles. The van der Waals surface area contributed by atoms with Gasteiger partial charge in [0, 0.05) is 11.9 Å². The maximum Gasteiger partial charge on any atom is 0.339 e. The molecule has 0 radical (unpaired) electrons. The van der Waals surface area contributed by atoms with Gasteiger partial charge in [0.05, 0.1) is 18.8 Å². The number of aliphatic hydroxyl groups excluding tert-OH is 1. The van der Waals surface area contributed by atoms with E-state index in [2.05, 4.69) is 9.72 Å². The number of hydrogen-bond donors (Lipinski definition) is 1. The highest BCUT2D eigenvalue weighted by molar-refractivity contribution is 5.88. The van der Waals surface area contributed by atoms with Gasteiger partial charge in [-0.25, -0.2) is 4.79 Å². The first-order valence-corrected chi connectivity index (χ1v) is 4.85. The van der Waals surface area contributed by atoms with E-state index in [4.69, 9.17) is 5.11 Å². The Balaban J connectivity index is 2.60. The third-order valence-electron chi connectivity index (χ3n) is 2.06. The second kappa shape index (κ2) is 5.46. The van der Waals surface area contributed by atoms with E-state index in [1.807, 2.05) is 0 Å². The van der Waals surface area contributed by atoms with Gasteiger partial charge in [-0.05, 0) is 31.9 Å². The van der Waals surface area contributed by atoms with Crippen molar-refractivity contribution in [3.8, 4) is 0 Å². The van der Waals surface area contributed by atoms with Gasteiger partial charge in [0.2, 0.25) is 0 Å².